The maximum absolute atomic E-state index is 11.9. The minimum Gasteiger partial charge on any atom is -0.618 e. The molecule has 3 rings (SSSR count). The van der Waals surface area contributed by atoms with Gasteiger partial charge in [-0.25, -0.2) is 0 Å². The van der Waals surface area contributed by atoms with Crippen molar-refractivity contribution in [1.82, 2.24) is 0 Å². The van der Waals surface area contributed by atoms with Crippen LogP contribution in [0.15, 0.2) is 48.5 Å². The lowest BCUT2D eigenvalue weighted by molar-refractivity contribution is -0.354. The van der Waals surface area contributed by atoms with Crippen LogP contribution in [0.1, 0.15) is 5.56 Å². The topological polar surface area (TPSA) is 44.5 Å². The van der Waals surface area contributed by atoms with Crippen LogP contribution in [0.2, 0.25) is 0 Å². The molecule has 0 saturated heterocycles. The third-order valence-electron chi connectivity index (χ3n) is 2.67. The maximum Gasteiger partial charge on any atom is 0.231 e. The van der Waals surface area contributed by atoms with E-state index in [1.807, 2.05) is 24.3 Å². The van der Waals surface area contributed by atoms with E-state index in [0.717, 1.165) is 10.3 Å². The summed E-state index contributed by atoms with van der Waals surface area (Å²) < 4.78 is 11.3. The molecule has 18 heavy (non-hydrogen) atoms. The Balaban J connectivity index is 1.92. The average molecular weight is 241 g/mol. The van der Waals surface area contributed by atoms with Crippen LogP contribution in [0.4, 0.5) is 5.69 Å². The molecule has 0 N–H and O–H groups in total. The molecule has 0 fully saturated rings. The summed E-state index contributed by atoms with van der Waals surface area (Å²) in [5, 5.41) is 11.9. The van der Waals surface area contributed by atoms with Gasteiger partial charge in [-0.2, -0.15) is 4.74 Å². The van der Waals surface area contributed by atoms with Crippen LogP contribution in [0.25, 0.3) is 0 Å². The van der Waals surface area contributed by atoms with Gasteiger partial charge in [0.05, 0.1) is 0 Å². The molecule has 0 amide bonds. The van der Waals surface area contributed by atoms with E-state index in [-0.39, 0.29) is 6.79 Å². The Morgan fingerprint density at radius 1 is 1.00 bits per heavy atom. The van der Waals surface area contributed by atoms with E-state index >= 15 is 0 Å². The van der Waals surface area contributed by atoms with E-state index in [1.54, 1.807) is 24.3 Å². The second kappa shape index (κ2) is 4.41. The fourth-order valence-corrected chi connectivity index (χ4v) is 1.78. The summed E-state index contributed by atoms with van der Waals surface area (Å²) in [4.78, 5) is 0. The zero-order valence-electron chi connectivity index (χ0n) is 9.58. The number of fused-ring (bicyclic) bond motifs is 1. The van der Waals surface area contributed by atoms with Crippen molar-refractivity contribution in [2.45, 2.75) is 0 Å². The Kier molecular flexibility index (Phi) is 2.61. The van der Waals surface area contributed by atoms with Crippen molar-refractivity contribution < 1.29 is 14.2 Å². The fraction of sp³-hybridized carbons (Fsp3) is 0.0714. The minimum atomic E-state index is 0.235. The van der Waals surface area contributed by atoms with Gasteiger partial charge in [0.25, 0.3) is 0 Å². The van der Waals surface area contributed by atoms with Crippen molar-refractivity contribution >= 4 is 11.9 Å². The highest BCUT2D eigenvalue weighted by molar-refractivity contribution is 5.78. The zero-order chi connectivity index (χ0) is 12.4. The van der Waals surface area contributed by atoms with E-state index in [2.05, 4.69) is 0 Å². The number of hydrogen-bond donors (Lipinski definition) is 0. The normalized spacial score (nSPS) is 13.7. The number of para-hydroxylation sites is 1. The number of rotatable bonds is 2. The van der Waals surface area contributed by atoms with Crippen molar-refractivity contribution in [3.63, 3.8) is 0 Å². The van der Waals surface area contributed by atoms with Gasteiger partial charge in [-0.1, -0.05) is 18.2 Å². The van der Waals surface area contributed by atoms with E-state index < -0.39 is 0 Å². The number of ether oxygens (including phenoxy) is 2. The molecule has 0 radical (unpaired) electrons. The fourth-order valence-electron chi connectivity index (χ4n) is 1.78. The lowest BCUT2D eigenvalue weighted by Crippen LogP contribution is -1.98. The summed E-state index contributed by atoms with van der Waals surface area (Å²) in [5.41, 5.74) is 1.37. The molecule has 0 spiro atoms. The van der Waals surface area contributed by atoms with Gasteiger partial charge in [0.1, 0.15) is 0 Å². The number of hydrogen-bond acceptors (Lipinski definition) is 3. The van der Waals surface area contributed by atoms with Crippen molar-refractivity contribution in [2.24, 2.45) is 0 Å². The Morgan fingerprint density at radius 2 is 1.78 bits per heavy atom. The highest BCUT2D eigenvalue weighted by Crippen LogP contribution is 2.32. The van der Waals surface area contributed by atoms with Gasteiger partial charge < -0.3 is 14.7 Å². The van der Waals surface area contributed by atoms with Gasteiger partial charge in [0.15, 0.2) is 17.7 Å². The van der Waals surface area contributed by atoms with Crippen LogP contribution in [-0.2, 0) is 0 Å². The molecule has 1 aliphatic heterocycles. The summed E-state index contributed by atoms with van der Waals surface area (Å²) >= 11 is 0. The molecule has 0 unspecified atom stereocenters. The van der Waals surface area contributed by atoms with Gasteiger partial charge in [-0.3, -0.25) is 0 Å². The van der Waals surface area contributed by atoms with Crippen LogP contribution in [0.3, 0.4) is 0 Å². The molecule has 0 aliphatic carbocycles. The quantitative estimate of drug-likeness (QED) is 0.351. The first-order chi connectivity index (χ1) is 8.83. The molecule has 4 nitrogen and oxygen atoms in total. The molecule has 90 valence electrons. The number of benzene rings is 2. The highest BCUT2D eigenvalue weighted by Gasteiger charge is 2.13. The van der Waals surface area contributed by atoms with E-state index in [0.29, 0.717) is 17.2 Å². The minimum absolute atomic E-state index is 0.235. The van der Waals surface area contributed by atoms with Crippen molar-refractivity contribution in [3.05, 3.63) is 59.3 Å². The highest BCUT2D eigenvalue weighted by atomic mass is 16.7. The van der Waals surface area contributed by atoms with Crippen LogP contribution >= 0.6 is 0 Å². The summed E-state index contributed by atoms with van der Waals surface area (Å²) in [6.07, 6.45) is 1.51. The molecular weight excluding hydrogens is 230 g/mol. The van der Waals surface area contributed by atoms with Crippen LogP contribution in [0, 0.1) is 5.21 Å². The van der Waals surface area contributed by atoms with Gasteiger partial charge in [-0.15, -0.1) is 0 Å². The van der Waals surface area contributed by atoms with E-state index in [1.165, 1.54) is 6.21 Å². The zero-order valence-corrected chi connectivity index (χ0v) is 9.58. The molecule has 4 heteroatoms. The largest absolute Gasteiger partial charge is 0.618 e. The Bertz CT molecular complexity index is 593. The molecule has 1 heterocycles. The smallest absolute Gasteiger partial charge is 0.231 e. The third-order valence-corrected chi connectivity index (χ3v) is 2.67. The third kappa shape index (κ3) is 2.00. The predicted octanol–water partition coefficient (Wildman–Crippen LogP) is 2.68. The summed E-state index contributed by atoms with van der Waals surface area (Å²) in [6, 6.07) is 14.5. The maximum atomic E-state index is 11.9. The SMILES string of the molecule is [O-][N+](=Cc1ccc2c(c1)OCO2)c1ccccc1. The molecule has 2 aromatic carbocycles. The molecule has 0 saturated carbocycles. The molecular formula is C14H11NO3. The van der Waals surface area contributed by atoms with Crippen LogP contribution in [0.5, 0.6) is 11.5 Å². The van der Waals surface area contributed by atoms with Crippen molar-refractivity contribution in [3.8, 4) is 11.5 Å². The van der Waals surface area contributed by atoms with Crippen molar-refractivity contribution in [1.29, 1.82) is 0 Å². The second-order valence-electron chi connectivity index (χ2n) is 3.90. The Morgan fingerprint density at radius 3 is 2.61 bits per heavy atom. The number of nitrogens with zero attached hydrogens (tertiary/aromatic N) is 1. The van der Waals surface area contributed by atoms with Crippen molar-refractivity contribution in [2.75, 3.05) is 6.79 Å². The molecule has 0 aromatic heterocycles. The van der Waals surface area contributed by atoms with Crippen LogP contribution < -0.4 is 9.47 Å². The monoisotopic (exact) mass is 241 g/mol. The second-order valence-corrected chi connectivity index (χ2v) is 3.90. The first-order valence-electron chi connectivity index (χ1n) is 5.59. The standard InChI is InChI=1S/C14H11NO3/c16-15(12-4-2-1-3-5-12)9-11-6-7-13-14(8-11)18-10-17-13/h1-9H,10H2. The van der Waals surface area contributed by atoms with Gasteiger partial charge >= 0.3 is 0 Å². The lowest BCUT2D eigenvalue weighted by atomic mass is 10.2. The molecule has 2 aromatic rings. The van der Waals surface area contributed by atoms with E-state index in [9.17, 15) is 5.21 Å². The molecule has 1 aliphatic rings. The van der Waals surface area contributed by atoms with Gasteiger partial charge in [0, 0.05) is 17.7 Å². The summed E-state index contributed by atoms with van der Waals surface area (Å²) in [5.74, 6) is 1.38. The van der Waals surface area contributed by atoms with E-state index in [4.69, 9.17) is 9.47 Å². The summed E-state index contributed by atoms with van der Waals surface area (Å²) in [7, 11) is 0. The van der Waals surface area contributed by atoms with Crippen LogP contribution in [-0.4, -0.2) is 17.7 Å². The average Bonchev–Trinajstić information content (AvgIpc) is 2.87. The first kappa shape index (κ1) is 10.7. The predicted molar refractivity (Wildman–Crippen MR) is 67.5 cm³/mol. The molecule has 0 bridgehead atoms. The Labute approximate surface area is 104 Å². The molecule has 0 atom stereocenters. The lowest BCUT2D eigenvalue weighted by Gasteiger charge is -2.02. The van der Waals surface area contributed by atoms with Gasteiger partial charge in [0.2, 0.25) is 12.5 Å². The Hall–Kier alpha value is -2.49. The van der Waals surface area contributed by atoms with Gasteiger partial charge in [-0.05, 0) is 18.2 Å². The summed E-state index contributed by atoms with van der Waals surface area (Å²) in [6.45, 7) is 0.235. The first-order valence-corrected chi connectivity index (χ1v) is 5.59.